The third-order valence-corrected chi connectivity index (χ3v) is 2.03. The normalized spacial score (nSPS) is 15.5. The predicted octanol–water partition coefficient (Wildman–Crippen LogP) is 2.75. The summed E-state index contributed by atoms with van der Waals surface area (Å²) < 4.78 is 0. The van der Waals surface area contributed by atoms with Crippen molar-refractivity contribution in [3.8, 4) is 0 Å². The van der Waals surface area contributed by atoms with Crippen LogP contribution in [0.3, 0.4) is 0 Å². The molecule has 0 aromatic carbocycles. The summed E-state index contributed by atoms with van der Waals surface area (Å²) in [6.45, 7) is 12.5. The van der Waals surface area contributed by atoms with E-state index in [2.05, 4.69) is 39.5 Å². The van der Waals surface area contributed by atoms with Crippen molar-refractivity contribution < 1.29 is 20.8 Å². The minimum atomic E-state index is -0.826. The molecule has 1 aliphatic rings. The van der Waals surface area contributed by atoms with E-state index in [-0.39, 0.29) is 0 Å². The van der Waals surface area contributed by atoms with Crippen molar-refractivity contribution in [1.29, 1.82) is 0 Å². The first-order valence-electron chi connectivity index (χ1n) is 4.34. The molecule has 0 unspecified atom stereocenters. The van der Waals surface area contributed by atoms with E-state index in [9.17, 15) is 0 Å². The van der Waals surface area contributed by atoms with E-state index in [0.29, 0.717) is 5.54 Å². The Kier molecular flexibility index (Phi) is 7.25. The summed E-state index contributed by atoms with van der Waals surface area (Å²) in [5.41, 5.74) is 1.75. The molecule has 1 heterocycles. The van der Waals surface area contributed by atoms with E-state index < -0.39 is 20.8 Å². The summed E-state index contributed by atoms with van der Waals surface area (Å²) in [5, 5.41) is 0. The fourth-order valence-corrected chi connectivity index (χ4v) is 1.55. The summed E-state index contributed by atoms with van der Waals surface area (Å²) in [6, 6.07) is 0. The van der Waals surface area contributed by atoms with Crippen molar-refractivity contribution in [1.82, 2.24) is 4.90 Å². The second-order valence-corrected chi connectivity index (χ2v) is 7.76. The van der Waals surface area contributed by atoms with E-state index >= 15 is 0 Å². The predicted molar refractivity (Wildman–Crippen MR) is 59.4 cm³/mol. The zero-order valence-electron chi connectivity index (χ0n) is 8.69. The Hall–Kier alpha value is 1.20. The van der Waals surface area contributed by atoms with Crippen LogP contribution in [0.25, 0.3) is 0 Å². The number of halogens is 2. The van der Waals surface area contributed by atoms with Crippen LogP contribution in [0.15, 0.2) is 0 Å². The van der Waals surface area contributed by atoms with Gasteiger partial charge in [-0.3, -0.25) is 0 Å². The molecule has 1 nitrogen and oxygen atoms in total. The van der Waals surface area contributed by atoms with Gasteiger partial charge in [-0.1, -0.05) is 0 Å². The van der Waals surface area contributed by atoms with Gasteiger partial charge in [0.1, 0.15) is 0 Å². The molecule has 74 valence electrons. The van der Waals surface area contributed by atoms with E-state index in [1.807, 2.05) is 0 Å². The molecule has 0 aromatic rings. The molecule has 0 aromatic heterocycles. The Labute approximate surface area is 101 Å². The van der Waals surface area contributed by atoms with Crippen molar-refractivity contribution in [3.05, 3.63) is 0 Å². The van der Waals surface area contributed by atoms with Crippen LogP contribution in [-0.2, 0) is 20.8 Å². The molecule has 13 heavy (non-hydrogen) atoms. The van der Waals surface area contributed by atoms with E-state index in [1.165, 1.54) is 18.5 Å². The van der Waals surface area contributed by atoms with Crippen LogP contribution >= 0.6 is 17.0 Å². The molecule has 0 fully saturated rings. The SMILES string of the molecule is CC1=BCCN1C(C)(C)C.[Cl][Zr][Cl]. The van der Waals surface area contributed by atoms with Gasteiger partial charge in [0.2, 0.25) is 0 Å². The van der Waals surface area contributed by atoms with Gasteiger partial charge >= 0.3 is 101 Å². The molecule has 0 bridgehead atoms. The van der Waals surface area contributed by atoms with E-state index in [0.717, 1.165) is 0 Å². The maximum atomic E-state index is 4.93. The zero-order valence-corrected chi connectivity index (χ0v) is 12.7. The minimum absolute atomic E-state index is 0.317. The fraction of sp³-hybridized carbons (Fsp3) is 0.875. The van der Waals surface area contributed by atoms with Crippen molar-refractivity contribution in [2.24, 2.45) is 0 Å². The molecular formula is C8H16BCl2NZr. The topological polar surface area (TPSA) is 3.24 Å². The molecule has 0 spiro atoms. The van der Waals surface area contributed by atoms with Crippen LogP contribution in [0.4, 0.5) is 0 Å². The van der Waals surface area contributed by atoms with Crippen molar-refractivity contribution in [2.45, 2.75) is 39.6 Å². The summed E-state index contributed by atoms with van der Waals surface area (Å²) in [4.78, 5) is 2.45. The van der Waals surface area contributed by atoms with Gasteiger partial charge in [0.25, 0.3) is 0 Å². The quantitative estimate of drug-likeness (QED) is 0.622. The average molecular weight is 299 g/mol. The van der Waals surface area contributed by atoms with Crippen molar-refractivity contribution >= 4 is 29.5 Å². The summed E-state index contributed by atoms with van der Waals surface area (Å²) >= 11 is -0.826. The van der Waals surface area contributed by atoms with Gasteiger partial charge in [-0.15, -0.1) is 0 Å². The van der Waals surface area contributed by atoms with Gasteiger partial charge in [-0.2, -0.15) is 0 Å². The Morgan fingerprint density at radius 1 is 1.38 bits per heavy atom. The first kappa shape index (κ1) is 14.2. The maximum absolute atomic E-state index is 4.93. The number of hydrogen-bond acceptors (Lipinski definition) is 1. The molecule has 0 amide bonds. The van der Waals surface area contributed by atoms with Crippen LogP contribution < -0.4 is 0 Å². The molecule has 0 atom stereocenters. The molecule has 0 N–H and O–H groups in total. The van der Waals surface area contributed by atoms with Crippen molar-refractivity contribution in [2.75, 3.05) is 6.54 Å². The molecule has 0 saturated heterocycles. The van der Waals surface area contributed by atoms with Gasteiger partial charge < -0.3 is 0 Å². The molecule has 0 saturated carbocycles. The summed E-state index contributed by atoms with van der Waals surface area (Å²) in [6.07, 6.45) is 1.23. The molecule has 1 aliphatic heterocycles. The fourth-order valence-electron chi connectivity index (χ4n) is 1.55. The van der Waals surface area contributed by atoms with Gasteiger partial charge in [-0.05, 0) is 0 Å². The second-order valence-electron chi connectivity index (χ2n) is 4.03. The molecule has 5 heteroatoms. The summed E-state index contributed by atoms with van der Waals surface area (Å²) in [5.74, 6) is 0. The van der Waals surface area contributed by atoms with Gasteiger partial charge in [0.05, 0.1) is 0 Å². The Bertz CT molecular complexity index is 179. The first-order chi connectivity index (χ1) is 5.93. The monoisotopic (exact) mass is 297 g/mol. The number of rotatable bonds is 0. The second kappa shape index (κ2) is 6.64. The standard InChI is InChI=1S/C8H16BN.2ClH.Zr/c1-7-9-5-6-10(7)8(2,3)4;;;/h5-6H2,1-4H3;2*1H;/q;;;+2/p-2. The molecular weight excluding hydrogens is 283 g/mol. The third kappa shape index (κ3) is 5.60. The average Bonchev–Trinajstić information content (AvgIpc) is 2.35. The molecule has 0 radical (unpaired) electrons. The van der Waals surface area contributed by atoms with Crippen LogP contribution in [0.5, 0.6) is 0 Å². The van der Waals surface area contributed by atoms with Crippen LogP contribution in [0, 0.1) is 0 Å². The van der Waals surface area contributed by atoms with Gasteiger partial charge in [0.15, 0.2) is 0 Å². The van der Waals surface area contributed by atoms with Crippen molar-refractivity contribution in [3.63, 3.8) is 0 Å². The van der Waals surface area contributed by atoms with Gasteiger partial charge in [-0.25, -0.2) is 0 Å². The van der Waals surface area contributed by atoms with E-state index in [4.69, 9.17) is 17.0 Å². The number of hydrogen-bond donors (Lipinski definition) is 0. The first-order valence-corrected chi connectivity index (χ1v) is 10.7. The third-order valence-electron chi connectivity index (χ3n) is 2.03. The molecule has 0 aliphatic carbocycles. The Balaban J connectivity index is 0.000000424. The van der Waals surface area contributed by atoms with Crippen LogP contribution in [0.2, 0.25) is 6.32 Å². The Morgan fingerprint density at radius 2 is 1.85 bits per heavy atom. The van der Waals surface area contributed by atoms with E-state index in [1.54, 1.807) is 0 Å². The van der Waals surface area contributed by atoms with Gasteiger partial charge in [0, 0.05) is 0 Å². The molecule has 1 rings (SSSR count). The number of nitrogens with zero attached hydrogens (tertiary/aromatic N) is 1. The Morgan fingerprint density at radius 3 is 2.00 bits per heavy atom. The zero-order chi connectivity index (χ0) is 10.5. The summed E-state index contributed by atoms with van der Waals surface area (Å²) in [7, 11) is 9.87. The van der Waals surface area contributed by atoms with Crippen LogP contribution in [0.1, 0.15) is 27.7 Å². The van der Waals surface area contributed by atoms with Crippen LogP contribution in [-0.4, -0.2) is 29.5 Å².